The van der Waals surface area contributed by atoms with Crippen LogP contribution in [0.2, 0.25) is 0 Å². The van der Waals surface area contributed by atoms with Crippen molar-refractivity contribution in [1.82, 2.24) is 9.80 Å². The zero-order chi connectivity index (χ0) is 15.2. The number of likely N-dealkylation sites (N-methyl/N-ethyl adjacent to an activating group) is 2. The molecule has 1 N–H and O–H groups in total. The molecule has 0 aliphatic rings. The van der Waals surface area contributed by atoms with Crippen molar-refractivity contribution in [2.24, 2.45) is 0 Å². The van der Waals surface area contributed by atoms with Gasteiger partial charge in [-0.15, -0.1) is 0 Å². The van der Waals surface area contributed by atoms with Crippen molar-refractivity contribution in [1.29, 1.82) is 0 Å². The first-order valence-electron chi connectivity index (χ1n) is 7.04. The van der Waals surface area contributed by atoms with E-state index < -0.39 is 5.60 Å². The molecule has 0 saturated heterocycles. The summed E-state index contributed by atoms with van der Waals surface area (Å²) in [6.07, 6.45) is 0. The summed E-state index contributed by atoms with van der Waals surface area (Å²) in [7, 11) is 1.81. The van der Waals surface area contributed by atoms with Crippen molar-refractivity contribution in [3.05, 3.63) is 35.9 Å². The molecule has 0 aromatic heterocycles. The van der Waals surface area contributed by atoms with Gasteiger partial charge in [-0.2, -0.15) is 0 Å². The fourth-order valence-electron chi connectivity index (χ4n) is 2.08. The van der Waals surface area contributed by atoms with Gasteiger partial charge in [-0.1, -0.05) is 37.3 Å². The van der Waals surface area contributed by atoms with E-state index in [0.717, 1.165) is 12.1 Å². The van der Waals surface area contributed by atoms with Gasteiger partial charge >= 0.3 is 0 Å². The van der Waals surface area contributed by atoms with Crippen LogP contribution in [0.3, 0.4) is 0 Å². The van der Waals surface area contributed by atoms with Crippen LogP contribution in [0, 0.1) is 0 Å². The monoisotopic (exact) mass is 278 g/mol. The fraction of sp³-hybridized carbons (Fsp3) is 0.562. The molecule has 0 aliphatic heterocycles. The summed E-state index contributed by atoms with van der Waals surface area (Å²) >= 11 is 0. The Kier molecular flexibility index (Phi) is 6.17. The molecule has 1 aromatic carbocycles. The largest absolute Gasteiger partial charge is 0.389 e. The van der Waals surface area contributed by atoms with Gasteiger partial charge in [0.05, 0.1) is 12.1 Å². The number of carbonyl (C=O) groups excluding carboxylic acids is 1. The Bertz CT molecular complexity index is 412. The van der Waals surface area contributed by atoms with Crippen LogP contribution in [0.15, 0.2) is 30.3 Å². The maximum absolute atomic E-state index is 12.2. The van der Waals surface area contributed by atoms with Crippen molar-refractivity contribution in [3.8, 4) is 0 Å². The Morgan fingerprint density at radius 3 is 2.35 bits per heavy atom. The van der Waals surface area contributed by atoms with E-state index >= 15 is 0 Å². The number of rotatable bonds is 7. The highest BCUT2D eigenvalue weighted by Gasteiger charge is 2.20. The van der Waals surface area contributed by atoms with E-state index in [1.807, 2.05) is 49.2 Å². The van der Waals surface area contributed by atoms with Crippen LogP contribution in [-0.2, 0) is 11.3 Å². The van der Waals surface area contributed by atoms with E-state index in [9.17, 15) is 9.90 Å². The lowest BCUT2D eigenvalue weighted by Gasteiger charge is -2.29. The molecule has 0 unspecified atom stereocenters. The van der Waals surface area contributed by atoms with Gasteiger partial charge in [0.15, 0.2) is 0 Å². The van der Waals surface area contributed by atoms with Crippen molar-refractivity contribution >= 4 is 5.91 Å². The molecule has 112 valence electrons. The first-order chi connectivity index (χ1) is 9.31. The van der Waals surface area contributed by atoms with Crippen molar-refractivity contribution in [2.75, 3.05) is 26.7 Å². The molecule has 0 bridgehead atoms. The molecule has 20 heavy (non-hydrogen) atoms. The number of benzene rings is 1. The number of hydrogen-bond donors (Lipinski definition) is 1. The molecule has 1 aromatic rings. The highest BCUT2D eigenvalue weighted by molar-refractivity contribution is 5.78. The number of amides is 1. The minimum absolute atomic E-state index is 0.0694. The number of nitrogens with zero attached hydrogens (tertiary/aromatic N) is 2. The van der Waals surface area contributed by atoms with Gasteiger partial charge in [0.25, 0.3) is 0 Å². The minimum Gasteiger partial charge on any atom is -0.389 e. The normalized spacial score (nSPS) is 11.7. The summed E-state index contributed by atoms with van der Waals surface area (Å²) in [4.78, 5) is 15.9. The third kappa shape index (κ3) is 6.17. The molecule has 0 fully saturated rings. The summed E-state index contributed by atoms with van der Waals surface area (Å²) in [6, 6.07) is 9.93. The highest BCUT2D eigenvalue weighted by atomic mass is 16.3. The molecular weight excluding hydrogens is 252 g/mol. The Labute approximate surface area is 122 Å². The van der Waals surface area contributed by atoms with Crippen LogP contribution in [0.5, 0.6) is 0 Å². The van der Waals surface area contributed by atoms with Gasteiger partial charge < -0.3 is 10.0 Å². The smallest absolute Gasteiger partial charge is 0.236 e. The molecule has 4 nitrogen and oxygen atoms in total. The van der Waals surface area contributed by atoms with E-state index in [1.54, 1.807) is 18.7 Å². The van der Waals surface area contributed by atoms with Crippen molar-refractivity contribution in [2.45, 2.75) is 32.9 Å². The average molecular weight is 278 g/mol. The standard InChI is InChI=1S/C16H26N2O2/c1-5-18(13-16(2,3)20)12-15(19)17(4)11-14-9-7-6-8-10-14/h6-10,20H,5,11-13H2,1-4H3. The maximum Gasteiger partial charge on any atom is 0.236 e. The lowest BCUT2D eigenvalue weighted by atomic mass is 10.1. The Morgan fingerprint density at radius 2 is 1.85 bits per heavy atom. The van der Waals surface area contributed by atoms with Gasteiger partial charge in [-0.05, 0) is 26.0 Å². The predicted molar refractivity (Wildman–Crippen MR) is 81.3 cm³/mol. The molecule has 0 aliphatic carbocycles. The minimum atomic E-state index is -0.783. The molecule has 4 heteroatoms. The van der Waals surface area contributed by atoms with Crippen molar-refractivity contribution in [3.63, 3.8) is 0 Å². The third-order valence-electron chi connectivity index (χ3n) is 3.10. The molecular formula is C16H26N2O2. The number of hydrogen-bond acceptors (Lipinski definition) is 3. The summed E-state index contributed by atoms with van der Waals surface area (Å²) in [5, 5.41) is 9.84. The van der Waals surface area contributed by atoms with Gasteiger partial charge in [0, 0.05) is 20.1 Å². The van der Waals surface area contributed by atoms with Crippen LogP contribution in [-0.4, -0.2) is 53.1 Å². The average Bonchev–Trinajstić information content (AvgIpc) is 2.37. The van der Waals surface area contributed by atoms with E-state index in [1.165, 1.54) is 0 Å². The lowest BCUT2D eigenvalue weighted by molar-refractivity contribution is -0.132. The van der Waals surface area contributed by atoms with Crippen LogP contribution in [0.1, 0.15) is 26.3 Å². The van der Waals surface area contributed by atoms with E-state index in [2.05, 4.69) is 0 Å². The predicted octanol–water partition coefficient (Wildman–Crippen LogP) is 1.74. The van der Waals surface area contributed by atoms with Gasteiger partial charge in [0.2, 0.25) is 5.91 Å². The summed E-state index contributed by atoms with van der Waals surface area (Å²) in [6.45, 7) is 7.70. The van der Waals surface area contributed by atoms with Gasteiger partial charge in [-0.3, -0.25) is 9.69 Å². The summed E-state index contributed by atoms with van der Waals surface area (Å²) in [5.41, 5.74) is 0.336. The van der Waals surface area contributed by atoms with Gasteiger partial charge in [-0.25, -0.2) is 0 Å². The second-order valence-electron chi connectivity index (χ2n) is 5.85. The third-order valence-corrected chi connectivity index (χ3v) is 3.10. The lowest BCUT2D eigenvalue weighted by Crippen LogP contribution is -2.44. The maximum atomic E-state index is 12.2. The van der Waals surface area contributed by atoms with Crippen LogP contribution in [0.25, 0.3) is 0 Å². The van der Waals surface area contributed by atoms with Crippen LogP contribution in [0.4, 0.5) is 0 Å². The SMILES string of the molecule is CCN(CC(=O)N(C)Cc1ccccc1)CC(C)(C)O. The second kappa shape index (κ2) is 7.41. The van der Waals surface area contributed by atoms with Crippen LogP contribution >= 0.6 is 0 Å². The van der Waals surface area contributed by atoms with E-state index in [4.69, 9.17) is 0 Å². The molecule has 1 amide bonds. The zero-order valence-corrected chi connectivity index (χ0v) is 13.0. The molecule has 0 spiro atoms. The quantitative estimate of drug-likeness (QED) is 0.826. The Hall–Kier alpha value is -1.39. The fourth-order valence-corrected chi connectivity index (χ4v) is 2.08. The molecule has 0 heterocycles. The number of carbonyl (C=O) groups is 1. The molecule has 0 radical (unpaired) electrons. The van der Waals surface area contributed by atoms with Crippen LogP contribution < -0.4 is 0 Å². The summed E-state index contributed by atoms with van der Waals surface area (Å²) < 4.78 is 0. The Morgan fingerprint density at radius 1 is 1.25 bits per heavy atom. The van der Waals surface area contributed by atoms with Crippen molar-refractivity contribution < 1.29 is 9.90 Å². The Balaban J connectivity index is 2.52. The van der Waals surface area contributed by atoms with E-state index in [0.29, 0.717) is 19.6 Å². The molecule has 0 saturated carbocycles. The van der Waals surface area contributed by atoms with Gasteiger partial charge in [0.1, 0.15) is 0 Å². The topological polar surface area (TPSA) is 43.8 Å². The van der Waals surface area contributed by atoms with E-state index in [-0.39, 0.29) is 5.91 Å². The molecule has 0 atom stereocenters. The highest BCUT2D eigenvalue weighted by Crippen LogP contribution is 2.07. The second-order valence-corrected chi connectivity index (χ2v) is 5.85. The zero-order valence-electron chi connectivity index (χ0n) is 13.0. The first-order valence-corrected chi connectivity index (χ1v) is 7.04. The first kappa shape index (κ1) is 16.7. The molecule has 1 rings (SSSR count). The number of aliphatic hydroxyl groups is 1. The summed E-state index contributed by atoms with van der Waals surface area (Å²) in [5.74, 6) is 0.0694.